The van der Waals surface area contributed by atoms with Crippen LogP contribution in [0.4, 0.5) is 5.69 Å². The van der Waals surface area contributed by atoms with Gasteiger partial charge in [-0.1, -0.05) is 12.1 Å². The Morgan fingerprint density at radius 1 is 1.21 bits per heavy atom. The molecule has 2 aromatic rings. The monoisotopic (exact) mass is 364 g/mol. The maximum absolute atomic E-state index is 11.3. The third kappa shape index (κ3) is 3.95. The van der Waals surface area contributed by atoms with Crippen LogP contribution in [0, 0.1) is 0 Å². The van der Waals surface area contributed by atoms with Crippen LogP contribution < -0.4 is 16.2 Å². The summed E-state index contributed by atoms with van der Waals surface area (Å²) in [4.78, 5) is 5.08. The van der Waals surface area contributed by atoms with Crippen LogP contribution in [0.15, 0.2) is 39.5 Å². The molecule has 1 aromatic carbocycles. The maximum atomic E-state index is 11.3. The number of nitrogens with one attached hydrogen (secondary N) is 1. The van der Waals surface area contributed by atoms with Gasteiger partial charge in [-0.3, -0.25) is 0 Å². The topological polar surface area (TPSA) is 111 Å². The molecule has 1 aliphatic rings. The van der Waals surface area contributed by atoms with Crippen LogP contribution in [0.25, 0.3) is 0 Å². The van der Waals surface area contributed by atoms with Crippen LogP contribution in [0.3, 0.4) is 0 Å². The third-order valence-electron chi connectivity index (χ3n) is 3.98. The number of hydrogen-bond donors (Lipinski definition) is 3. The summed E-state index contributed by atoms with van der Waals surface area (Å²) >= 11 is 1.11. The van der Waals surface area contributed by atoms with Gasteiger partial charge in [0.05, 0.1) is 6.54 Å². The summed E-state index contributed by atoms with van der Waals surface area (Å²) in [6.07, 6.45) is 4.57. The van der Waals surface area contributed by atoms with Gasteiger partial charge in [0.2, 0.25) is 10.0 Å². The number of primary sulfonamides is 1. The maximum Gasteiger partial charge on any atom is 0.247 e. The molecule has 0 aliphatic heterocycles. The minimum absolute atomic E-state index is 0.136. The first-order valence-electron chi connectivity index (χ1n) is 7.73. The number of thiophene rings is 1. The number of nitrogens with zero attached hydrogens (tertiary/aromatic N) is 1. The van der Waals surface area contributed by atoms with E-state index in [-0.39, 0.29) is 4.21 Å². The highest BCUT2D eigenvalue weighted by molar-refractivity contribution is 7.91. The highest BCUT2D eigenvalue weighted by Gasteiger charge is 2.13. The quantitative estimate of drug-likeness (QED) is 0.570. The Hall–Kier alpha value is -1.90. The predicted molar refractivity (Wildman–Crippen MR) is 97.7 cm³/mol. The van der Waals surface area contributed by atoms with Gasteiger partial charge in [0, 0.05) is 10.6 Å². The third-order valence-corrected chi connectivity index (χ3v) is 6.49. The van der Waals surface area contributed by atoms with E-state index in [9.17, 15) is 8.42 Å². The second-order valence-corrected chi connectivity index (χ2v) is 8.70. The summed E-state index contributed by atoms with van der Waals surface area (Å²) < 4.78 is 22.7. The van der Waals surface area contributed by atoms with Crippen molar-refractivity contribution in [2.45, 2.75) is 36.4 Å². The first-order chi connectivity index (χ1) is 11.4. The molecule has 1 heterocycles. The molecule has 24 heavy (non-hydrogen) atoms. The van der Waals surface area contributed by atoms with Gasteiger partial charge >= 0.3 is 0 Å². The number of benzene rings is 1. The van der Waals surface area contributed by atoms with Crippen LogP contribution in [-0.2, 0) is 29.4 Å². The molecule has 0 bridgehead atoms. The zero-order valence-corrected chi connectivity index (χ0v) is 14.8. The van der Waals surface area contributed by atoms with Crippen molar-refractivity contribution >= 4 is 33.0 Å². The summed E-state index contributed by atoms with van der Waals surface area (Å²) in [7, 11) is -3.66. The Kier molecular flexibility index (Phi) is 4.88. The van der Waals surface area contributed by atoms with E-state index in [0.29, 0.717) is 12.5 Å². The smallest absolute Gasteiger partial charge is 0.247 e. The second-order valence-electron chi connectivity index (χ2n) is 5.74. The van der Waals surface area contributed by atoms with E-state index in [0.717, 1.165) is 34.7 Å². The van der Waals surface area contributed by atoms with Crippen LogP contribution >= 0.6 is 11.3 Å². The molecule has 0 atom stereocenters. The highest BCUT2D eigenvalue weighted by Crippen LogP contribution is 2.27. The van der Waals surface area contributed by atoms with Crippen molar-refractivity contribution in [1.82, 2.24) is 0 Å². The zero-order valence-electron chi connectivity index (χ0n) is 13.2. The van der Waals surface area contributed by atoms with Gasteiger partial charge in [0.25, 0.3) is 0 Å². The van der Waals surface area contributed by atoms with Crippen LogP contribution in [0.2, 0.25) is 0 Å². The Morgan fingerprint density at radius 2 is 2.00 bits per heavy atom. The number of sulfonamides is 1. The number of anilines is 1. The van der Waals surface area contributed by atoms with Crippen LogP contribution in [-0.4, -0.2) is 14.4 Å². The number of aryl methyl sites for hydroxylation is 1. The van der Waals surface area contributed by atoms with E-state index in [1.54, 1.807) is 6.07 Å². The average molecular weight is 364 g/mol. The lowest BCUT2D eigenvalue weighted by atomic mass is 9.90. The fourth-order valence-electron chi connectivity index (χ4n) is 2.84. The lowest BCUT2D eigenvalue weighted by Gasteiger charge is -2.19. The molecule has 1 aliphatic carbocycles. The Balaban J connectivity index is 1.70. The van der Waals surface area contributed by atoms with E-state index in [1.807, 2.05) is 12.1 Å². The molecule has 128 valence electrons. The van der Waals surface area contributed by atoms with Gasteiger partial charge < -0.3 is 11.1 Å². The summed E-state index contributed by atoms with van der Waals surface area (Å²) in [5.74, 6) is 0.319. The number of rotatable bonds is 4. The van der Waals surface area contributed by atoms with Crippen molar-refractivity contribution < 1.29 is 8.42 Å². The highest BCUT2D eigenvalue weighted by atomic mass is 32.2. The van der Waals surface area contributed by atoms with Crippen molar-refractivity contribution in [3.63, 3.8) is 0 Å². The van der Waals surface area contributed by atoms with Gasteiger partial charge in [-0.25, -0.2) is 18.5 Å². The molecule has 8 heteroatoms. The van der Waals surface area contributed by atoms with Gasteiger partial charge in [0.1, 0.15) is 4.21 Å². The SMILES string of the molecule is NC(=NCc1ccc(S(N)(=O)=O)s1)Nc1cccc2c1CCCC2. The minimum Gasteiger partial charge on any atom is -0.370 e. The van der Waals surface area contributed by atoms with Gasteiger partial charge in [0.15, 0.2) is 5.96 Å². The predicted octanol–water partition coefficient (Wildman–Crippen LogP) is 2.20. The molecule has 0 unspecified atom stereocenters. The lowest BCUT2D eigenvalue weighted by molar-refractivity contribution is 0.600. The largest absolute Gasteiger partial charge is 0.370 e. The fourth-order valence-corrected chi connectivity index (χ4v) is 4.54. The second kappa shape index (κ2) is 6.92. The number of aliphatic imine (C=N–C) groups is 1. The molecule has 0 spiro atoms. The number of nitrogens with two attached hydrogens (primary N) is 2. The van der Waals surface area contributed by atoms with Crippen LogP contribution in [0.5, 0.6) is 0 Å². The molecular weight excluding hydrogens is 344 g/mol. The van der Waals surface area contributed by atoms with E-state index in [1.165, 1.54) is 30.0 Å². The summed E-state index contributed by atoms with van der Waals surface area (Å²) in [5.41, 5.74) is 9.67. The van der Waals surface area contributed by atoms with E-state index in [4.69, 9.17) is 10.9 Å². The Bertz CT molecular complexity index is 872. The summed E-state index contributed by atoms with van der Waals surface area (Å²) in [5, 5.41) is 8.27. The van der Waals surface area contributed by atoms with Crippen molar-refractivity contribution in [2.24, 2.45) is 15.9 Å². The summed E-state index contributed by atoms with van der Waals surface area (Å²) in [6, 6.07) is 9.38. The molecule has 0 radical (unpaired) electrons. The molecule has 0 saturated heterocycles. The van der Waals surface area contributed by atoms with Crippen LogP contribution in [0.1, 0.15) is 28.8 Å². The Labute approximate surface area is 145 Å². The molecule has 5 N–H and O–H groups in total. The molecule has 6 nitrogen and oxygen atoms in total. The lowest BCUT2D eigenvalue weighted by Crippen LogP contribution is -2.24. The average Bonchev–Trinajstić information content (AvgIpc) is 3.03. The van der Waals surface area contributed by atoms with E-state index < -0.39 is 10.0 Å². The molecule has 0 amide bonds. The van der Waals surface area contributed by atoms with E-state index >= 15 is 0 Å². The number of guanidine groups is 1. The van der Waals surface area contributed by atoms with Crippen molar-refractivity contribution in [3.05, 3.63) is 46.3 Å². The molecule has 0 fully saturated rings. The van der Waals surface area contributed by atoms with E-state index in [2.05, 4.69) is 16.4 Å². The first-order valence-corrected chi connectivity index (χ1v) is 10.1. The molecule has 1 aromatic heterocycles. The van der Waals surface area contributed by atoms with Crippen molar-refractivity contribution in [3.8, 4) is 0 Å². The molecule has 0 saturated carbocycles. The molecule has 3 rings (SSSR count). The van der Waals surface area contributed by atoms with Crippen molar-refractivity contribution in [1.29, 1.82) is 0 Å². The minimum atomic E-state index is -3.66. The standard InChI is InChI=1S/C16H20N4O2S2/c17-16(19-10-12-8-9-15(23-12)24(18,21)22)20-14-7-3-5-11-4-1-2-6-13(11)14/h3,5,7-9H,1-2,4,6,10H2,(H3,17,19,20)(H2,18,21,22). The van der Waals surface area contributed by atoms with Gasteiger partial charge in [-0.2, -0.15) is 0 Å². The van der Waals surface area contributed by atoms with Crippen molar-refractivity contribution in [2.75, 3.05) is 5.32 Å². The van der Waals surface area contributed by atoms with Gasteiger partial charge in [-0.05, 0) is 55.0 Å². The van der Waals surface area contributed by atoms with Gasteiger partial charge in [-0.15, -0.1) is 11.3 Å². The normalized spacial score (nSPS) is 15.1. The first kappa shape index (κ1) is 16.9. The zero-order chi connectivity index (χ0) is 17.2. The number of hydrogen-bond acceptors (Lipinski definition) is 4. The molecular formula is C16H20N4O2S2. The fraction of sp³-hybridized carbons (Fsp3) is 0.312. The number of fused-ring (bicyclic) bond motifs is 1. The summed E-state index contributed by atoms with van der Waals surface area (Å²) in [6.45, 7) is 0.314. The Morgan fingerprint density at radius 3 is 2.75 bits per heavy atom.